The summed E-state index contributed by atoms with van der Waals surface area (Å²) in [6.45, 7) is 2.36. The van der Waals surface area contributed by atoms with Gasteiger partial charge in [-0.15, -0.1) is 0 Å². The number of benzene rings is 3. The van der Waals surface area contributed by atoms with E-state index in [2.05, 4.69) is 12.1 Å². The zero-order valence-electron chi connectivity index (χ0n) is 14.9. The van der Waals surface area contributed by atoms with Crippen LogP contribution in [-0.2, 0) is 16.1 Å². The maximum atomic E-state index is 12.3. The van der Waals surface area contributed by atoms with Gasteiger partial charge in [-0.25, -0.2) is 4.79 Å². The lowest BCUT2D eigenvalue weighted by molar-refractivity contribution is -0.633. The highest BCUT2D eigenvalue weighted by atomic mass is 16.5. The first-order valence-electron chi connectivity index (χ1n) is 9.08. The monoisotopic (exact) mass is 356 g/mol. The number of aromatic nitrogens is 1. The summed E-state index contributed by atoms with van der Waals surface area (Å²) in [4.78, 5) is 12.3. The SMILES string of the molecule is CCOC(=O)C[n+]1c2ccccc2c2c3c(cccc31)-c1ccccc1O2. The van der Waals surface area contributed by atoms with E-state index in [0.29, 0.717) is 6.61 Å². The van der Waals surface area contributed by atoms with Crippen LogP contribution in [-0.4, -0.2) is 12.6 Å². The molecule has 3 aromatic carbocycles. The summed E-state index contributed by atoms with van der Waals surface area (Å²) in [5.41, 5.74) is 4.09. The van der Waals surface area contributed by atoms with Crippen LogP contribution >= 0.6 is 0 Å². The van der Waals surface area contributed by atoms with E-state index in [1.165, 1.54) is 0 Å². The van der Waals surface area contributed by atoms with Gasteiger partial charge in [0.05, 0.1) is 17.4 Å². The molecular weight excluding hydrogens is 338 g/mol. The Balaban J connectivity index is 1.89. The van der Waals surface area contributed by atoms with Gasteiger partial charge < -0.3 is 9.47 Å². The predicted octanol–water partition coefficient (Wildman–Crippen LogP) is 4.62. The Hall–Kier alpha value is -3.40. The number of hydrogen-bond donors (Lipinski definition) is 0. The molecular formula is C23H18NO3+. The molecule has 4 heteroatoms. The molecule has 0 aliphatic carbocycles. The first-order valence-corrected chi connectivity index (χ1v) is 9.08. The van der Waals surface area contributed by atoms with Crippen molar-refractivity contribution in [3.05, 3.63) is 66.7 Å². The Bertz CT molecular complexity index is 1210. The average Bonchev–Trinajstić information content (AvgIpc) is 2.71. The number of nitrogens with zero attached hydrogens (tertiary/aromatic N) is 1. The van der Waals surface area contributed by atoms with Gasteiger partial charge in [-0.05, 0) is 19.1 Å². The number of carbonyl (C=O) groups is 1. The van der Waals surface area contributed by atoms with Crippen molar-refractivity contribution in [2.45, 2.75) is 13.5 Å². The quantitative estimate of drug-likeness (QED) is 0.269. The van der Waals surface area contributed by atoms with Crippen LogP contribution in [0.4, 0.5) is 0 Å². The molecule has 0 amide bonds. The lowest BCUT2D eigenvalue weighted by Crippen LogP contribution is -2.40. The molecule has 0 N–H and O–H groups in total. The van der Waals surface area contributed by atoms with E-state index in [4.69, 9.17) is 9.47 Å². The second-order valence-corrected chi connectivity index (χ2v) is 6.54. The Kier molecular flexibility index (Phi) is 3.57. The molecule has 0 unspecified atom stereocenters. The summed E-state index contributed by atoms with van der Waals surface area (Å²) >= 11 is 0. The van der Waals surface area contributed by atoms with Crippen LogP contribution in [0.15, 0.2) is 66.7 Å². The lowest BCUT2D eigenvalue weighted by Gasteiger charge is -2.21. The number of rotatable bonds is 3. The van der Waals surface area contributed by atoms with Gasteiger partial charge in [-0.1, -0.05) is 42.5 Å². The van der Waals surface area contributed by atoms with Crippen molar-refractivity contribution in [2.75, 3.05) is 6.61 Å². The van der Waals surface area contributed by atoms with E-state index in [-0.39, 0.29) is 12.5 Å². The van der Waals surface area contributed by atoms with E-state index in [0.717, 1.165) is 44.4 Å². The fourth-order valence-corrected chi connectivity index (χ4v) is 3.89. The second-order valence-electron chi connectivity index (χ2n) is 6.54. The first kappa shape index (κ1) is 15.8. The minimum Gasteiger partial charge on any atom is -0.461 e. The highest BCUT2D eigenvalue weighted by molar-refractivity contribution is 6.08. The molecule has 1 aliphatic heterocycles. The average molecular weight is 356 g/mol. The van der Waals surface area contributed by atoms with Crippen LogP contribution in [0.1, 0.15) is 6.92 Å². The predicted molar refractivity (Wildman–Crippen MR) is 104 cm³/mol. The van der Waals surface area contributed by atoms with Gasteiger partial charge >= 0.3 is 5.97 Å². The van der Waals surface area contributed by atoms with Crippen LogP contribution in [0.25, 0.3) is 32.9 Å². The summed E-state index contributed by atoms with van der Waals surface area (Å²) in [6, 6.07) is 22.2. The van der Waals surface area contributed by atoms with Crippen molar-refractivity contribution >= 4 is 27.8 Å². The number of para-hydroxylation sites is 2. The zero-order chi connectivity index (χ0) is 18.4. The normalized spacial score (nSPS) is 11.9. The molecule has 0 saturated carbocycles. The van der Waals surface area contributed by atoms with Gasteiger partial charge in [0, 0.05) is 23.3 Å². The fraction of sp³-hybridized carbons (Fsp3) is 0.130. The van der Waals surface area contributed by atoms with Gasteiger partial charge in [0.15, 0.2) is 5.75 Å². The van der Waals surface area contributed by atoms with Crippen LogP contribution in [0.3, 0.4) is 0 Å². The molecule has 4 nitrogen and oxygen atoms in total. The number of carbonyl (C=O) groups excluding carboxylic acids is 1. The molecule has 0 fully saturated rings. The van der Waals surface area contributed by atoms with Crippen molar-refractivity contribution in [2.24, 2.45) is 0 Å². The molecule has 4 aromatic rings. The van der Waals surface area contributed by atoms with Gasteiger partial charge in [0.2, 0.25) is 17.6 Å². The number of pyridine rings is 1. The molecule has 0 radical (unpaired) electrons. The second kappa shape index (κ2) is 6.09. The van der Waals surface area contributed by atoms with E-state index >= 15 is 0 Å². The van der Waals surface area contributed by atoms with Crippen LogP contribution in [0.2, 0.25) is 0 Å². The van der Waals surface area contributed by atoms with Crippen molar-refractivity contribution < 1.29 is 18.8 Å². The lowest BCUT2D eigenvalue weighted by atomic mass is 9.95. The largest absolute Gasteiger partial charge is 0.461 e. The summed E-state index contributed by atoms with van der Waals surface area (Å²) in [7, 11) is 0. The Labute approximate surface area is 156 Å². The van der Waals surface area contributed by atoms with Crippen molar-refractivity contribution in [3.8, 4) is 22.6 Å². The van der Waals surface area contributed by atoms with Crippen LogP contribution in [0.5, 0.6) is 11.5 Å². The summed E-state index contributed by atoms with van der Waals surface area (Å²) < 4.78 is 13.6. The molecule has 27 heavy (non-hydrogen) atoms. The number of ether oxygens (including phenoxy) is 2. The van der Waals surface area contributed by atoms with Crippen LogP contribution in [0, 0.1) is 0 Å². The maximum absolute atomic E-state index is 12.3. The highest BCUT2D eigenvalue weighted by Gasteiger charge is 2.29. The highest BCUT2D eigenvalue weighted by Crippen LogP contribution is 2.47. The van der Waals surface area contributed by atoms with Crippen molar-refractivity contribution in [1.29, 1.82) is 0 Å². The molecule has 1 aliphatic rings. The topological polar surface area (TPSA) is 39.4 Å². The Morgan fingerprint density at radius 3 is 2.56 bits per heavy atom. The molecule has 0 atom stereocenters. The molecule has 0 spiro atoms. The van der Waals surface area contributed by atoms with Gasteiger partial charge in [0.1, 0.15) is 5.75 Å². The molecule has 1 aromatic heterocycles. The standard InChI is InChI=1S/C23H18NO3/c1-2-26-21(25)14-24-18-11-5-3-9-17(18)23-22-16(10-7-12-19(22)24)15-8-4-6-13-20(15)27-23/h3-13H,2,14H2,1H3/q+1. The molecule has 0 saturated heterocycles. The minimum atomic E-state index is -0.245. The fourth-order valence-electron chi connectivity index (χ4n) is 3.89. The van der Waals surface area contributed by atoms with Gasteiger partial charge in [0.25, 0.3) is 0 Å². The van der Waals surface area contributed by atoms with Crippen molar-refractivity contribution in [3.63, 3.8) is 0 Å². The molecule has 2 heterocycles. The molecule has 0 bridgehead atoms. The summed E-state index contributed by atoms with van der Waals surface area (Å²) in [5.74, 6) is 1.45. The number of esters is 1. The summed E-state index contributed by atoms with van der Waals surface area (Å²) in [6.07, 6.45) is 0. The zero-order valence-corrected chi connectivity index (χ0v) is 14.9. The first-order chi connectivity index (χ1) is 13.3. The van der Waals surface area contributed by atoms with E-state index in [1.807, 2.05) is 66.1 Å². The maximum Gasteiger partial charge on any atom is 0.372 e. The van der Waals surface area contributed by atoms with Crippen LogP contribution < -0.4 is 9.30 Å². The molecule has 5 rings (SSSR count). The smallest absolute Gasteiger partial charge is 0.372 e. The Morgan fingerprint density at radius 1 is 0.926 bits per heavy atom. The number of hydrogen-bond acceptors (Lipinski definition) is 3. The summed E-state index contributed by atoms with van der Waals surface area (Å²) in [5, 5.41) is 2.01. The third kappa shape index (κ3) is 2.37. The van der Waals surface area contributed by atoms with E-state index < -0.39 is 0 Å². The van der Waals surface area contributed by atoms with Crippen molar-refractivity contribution in [1.82, 2.24) is 0 Å². The minimum absolute atomic E-state index is 0.163. The van der Waals surface area contributed by atoms with E-state index in [1.54, 1.807) is 0 Å². The molecule has 132 valence electrons. The van der Waals surface area contributed by atoms with Gasteiger partial charge in [-0.2, -0.15) is 4.57 Å². The Morgan fingerprint density at radius 2 is 1.67 bits per heavy atom. The van der Waals surface area contributed by atoms with Gasteiger partial charge in [-0.3, -0.25) is 0 Å². The van der Waals surface area contributed by atoms with E-state index in [9.17, 15) is 4.79 Å². The number of fused-ring (bicyclic) bond motifs is 4. The third-order valence-electron chi connectivity index (χ3n) is 4.98. The third-order valence-corrected chi connectivity index (χ3v) is 4.98.